The number of benzene rings is 1. The highest BCUT2D eigenvalue weighted by molar-refractivity contribution is 6.04. The van der Waals surface area contributed by atoms with Gasteiger partial charge in [-0.3, -0.25) is 4.79 Å². The van der Waals surface area contributed by atoms with Gasteiger partial charge in [0.25, 0.3) is 5.91 Å². The van der Waals surface area contributed by atoms with E-state index in [9.17, 15) is 4.79 Å². The predicted molar refractivity (Wildman–Crippen MR) is 147 cm³/mol. The number of furan rings is 1. The van der Waals surface area contributed by atoms with Crippen molar-refractivity contribution < 1.29 is 9.21 Å². The maximum atomic E-state index is 13.4. The Labute approximate surface area is 212 Å². The van der Waals surface area contributed by atoms with Crippen molar-refractivity contribution in [2.45, 2.75) is 66.2 Å². The predicted octanol–water partition coefficient (Wildman–Crippen LogP) is 7.75. The molecule has 1 aliphatic carbocycles. The second-order valence-electron chi connectivity index (χ2n) is 10.5. The van der Waals surface area contributed by atoms with Crippen molar-refractivity contribution in [2.24, 2.45) is 11.3 Å². The third-order valence-corrected chi connectivity index (χ3v) is 7.39. The Balaban J connectivity index is 1.67. The molecule has 1 aromatic heterocycles. The molecule has 1 aromatic carbocycles. The Morgan fingerprint density at radius 2 is 1.86 bits per heavy atom. The number of carbonyl (C=O) groups is 1. The summed E-state index contributed by atoms with van der Waals surface area (Å²) in [6.45, 7) is 13.2. The molecule has 4 heteroatoms. The molecule has 0 bridgehead atoms. The third-order valence-electron chi connectivity index (χ3n) is 7.39. The summed E-state index contributed by atoms with van der Waals surface area (Å²) in [5.74, 6) is 0.819. The van der Waals surface area contributed by atoms with Crippen LogP contribution in [0.25, 0.3) is 0 Å². The van der Waals surface area contributed by atoms with Gasteiger partial charge in [-0.05, 0) is 80.8 Å². The summed E-state index contributed by atoms with van der Waals surface area (Å²) in [7, 11) is 0. The number of hydrogen-bond acceptors (Lipinski definition) is 3. The normalized spacial score (nSPS) is 14.7. The van der Waals surface area contributed by atoms with Gasteiger partial charge in [0, 0.05) is 18.8 Å². The van der Waals surface area contributed by atoms with Crippen LogP contribution in [0, 0.1) is 11.3 Å². The van der Waals surface area contributed by atoms with Gasteiger partial charge in [0.05, 0.1) is 6.26 Å². The molecular weight excluding hydrogens is 432 g/mol. The summed E-state index contributed by atoms with van der Waals surface area (Å²) in [4.78, 5) is 17.9. The van der Waals surface area contributed by atoms with Crippen molar-refractivity contribution in [1.82, 2.24) is 4.90 Å². The Bertz CT molecular complexity index is 944. The maximum Gasteiger partial charge on any atom is 0.293 e. The van der Waals surface area contributed by atoms with E-state index in [1.807, 2.05) is 35.2 Å². The molecule has 0 fully saturated rings. The molecule has 0 spiro atoms. The lowest BCUT2D eigenvalue weighted by Crippen LogP contribution is -2.43. The fourth-order valence-corrected chi connectivity index (χ4v) is 5.26. The molecule has 1 atom stereocenters. The Morgan fingerprint density at radius 3 is 2.49 bits per heavy atom. The molecule has 1 heterocycles. The van der Waals surface area contributed by atoms with Gasteiger partial charge < -0.3 is 14.2 Å². The van der Waals surface area contributed by atoms with Crippen molar-refractivity contribution in [3.63, 3.8) is 0 Å². The molecular formula is C31H44N2O2. The highest BCUT2D eigenvalue weighted by Gasteiger charge is 2.33. The van der Waals surface area contributed by atoms with Crippen LogP contribution in [-0.2, 0) is 0 Å². The molecule has 0 N–H and O–H groups in total. The van der Waals surface area contributed by atoms with Crippen LogP contribution in [0.2, 0.25) is 0 Å². The second kappa shape index (κ2) is 13.5. The Kier molecular flexibility index (Phi) is 10.4. The monoisotopic (exact) mass is 476 g/mol. The summed E-state index contributed by atoms with van der Waals surface area (Å²) in [6, 6.07) is 13.5. The summed E-state index contributed by atoms with van der Waals surface area (Å²) in [6.07, 6.45) is 15.3. The van der Waals surface area contributed by atoms with E-state index in [2.05, 4.69) is 50.8 Å². The smallest absolute Gasteiger partial charge is 0.293 e. The van der Waals surface area contributed by atoms with Crippen LogP contribution in [0.5, 0.6) is 0 Å². The summed E-state index contributed by atoms with van der Waals surface area (Å²) in [5, 5.41) is 0. The van der Waals surface area contributed by atoms with Crippen LogP contribution >= 0.6 is 0 Å². The van der Waals surface area contributed by atoms with E-state index in [1.54, 1.807) is 24.0 Å². The quantitative estimate of drug-likeness (QED) is 0.280. The Morgan fingerprint density at radius 1 is 1.06 bits per heavy atom. The number of hydrogen-bond donors (Lipinski definition) is 0. The van der Waals surface area contributed by atoms with Gasteiger partial charge in [0.2, 0.25) is 0 Å². The molecule has 1 amide bonds. The number of rotatable bonds is 14. The van der Waals surface area contributed by atoms with E-state index in [1.165, 1.54) is 25.7 Å². The fourth-order valence-electron chi connectivity index (χ4n) is 5.26. The first-order valence-electron chi connectivity index (χ1n) is 13.4. The second-order valence-corrected chi connectivity index (χ2v) is 10.5. The van der Waals surface area contributed by atoms with E-state index >= 15 is 0 Å². The van der Waals surface area contributed by atoms with E-state index in [0.717, 1.165) is 38.2 Å². The molecule has 1 aliphatic rings. The van der Waals surface area contributed by atoms with Crippen LogP contribution in [0.15, 0.2) is 76.9 Å². The molecule has 0 aliphatic heterocycles. The van der Waals surface area contributed by atoms with E-state index < -0.39 is 0 Å². The topological polar surface area (TPSA) is 36.7 Å². The van der Waals surface area contributed by atoms with E-state index in [-0.39, 0.29) is 11.3 Å². The minimum atomic E-state index is -0.0773. The van der Waals surface area contributed by atoms with Crippen LogP contribution in [0.3, 0.4) is 0 Å². The first-order valence-corrected chi connectivity index (χ1v) is 13.4. The lowest BCUT2D eigenvalue weighted by atomic mass is 9.74. The minimum absolute atomic E-state index is 0.0403. The first-order chi connectivity index (χ1) is 16.9. The van der Waals surface area contributed by atoms with Gasteiger partial charge in [-0.15, -0.1) is 0 Å². The van der Waals surface area contributed by atoms with Gasteiger partial charge in [-0.1, -0.05) is 76.1 Å². The zero-order valence-corrected chi connectivity index (χ0v) is 22.2. The fraction of sp³-hybridized carbons (Fsp3) is 0.516. The first kappa shape index (κ1) is 27.0. The number of amides is 1. The lowest BCUT2D eigenvalue weighted by molar-refractivity contribution is 0.0929. The van der Waals surface area contributed by atoms with Crippen LogP contribution in [-0.4, -0.2) is 37.0 Å². The maximum absolute atomic E-state index is 13.4. The molecule has 190 valence electrons. The largest absolute Gasteiger partial charge is 0.459 e. The average molecular weight is 477 g/mol. The highest BCUT2D eigenvalue weighted by atomic mass is 16.3. The van der Waals surface area contributed by atoms with Crippen molar-refractivity contribution in [3.05, 3.63) is 78.3 Å². The van der Waals surface area contributed by atoms with Gasteiger partial charge in [-0.25, -0.2) is 0 Å². The average Bonchev–Trinajstić information content (AvgIpc) is 3.42. The molecule has 2 aromatic rings. The van der Waals surface area contributed by atoms with Crippen LogP contribution < -0.4 is 4.90 Å². The van der Waals surface area contributed by atoms with Crippen LogP contribution in [0.1, 0.15) is 76.8 Å². The minimum Gasteiger partial charge on any atom is -0.459 e. The van der Waals surface area contributed by atoms with E-state index in [4.69, 9.17) is 4.42 Å². The molecule has 0 radical (unpaired) electrons. The number of allylic oxidation sites excluding steroid dienone is 3. The zero-order chi connectivity index (χ0) is 25.1. The third kappa shape index (κ3) is 7.96. The summed E-state index contributed by atoms with van der Waals surface area (Å²) in [5.41, 5.74) is 2.46. The van der Waals surface area contributed by atoms with E-state index in [0.29, 0.717) is 18.2 Å². The van der Waals surface area contributed by atoms with Gasteiger partial charge >= 0.3 is 0 Å². The SMILES string of the molecule is CCCN(CCC1=CC=CCC1)CC[C@@H](CC)C(C)(C)CN(C(=O)c1ccco1)c1ccccc1. The number of anilines is 1. The number of carbonyl (C=O) groups excluding carboxylic acids is 1. The molecule has 35 heavy (non-hydrogen) atoms. The standard InChI is InChI=1S/C31H44N2O2/c1-5-21-32(22-19-26-14-9-7-10-15-26)23-20-27(6-2)31(3,4)25-33(28-16-11-8-12-17-28)30(34)29-18-13-24-35-29/h7-9,11-14,16-18,24,27H,5-6,10,15,19-23,25H2,1-4H3/t27-/m1/s1. The number of para-hydroxylation sites is 1. The molecule has 0 saturated heterocycles. The van der Waals surface area contributed by atoms with Gasteiger partial charge in [0.1, 0.15) is 0 Å². The van der Waals surface area contributed by atoms with Gasteiger partial charge in [0.15, 0.2) is 5.76 Å². The molecule has 3 rings (SSSR count). The number of nitrogens with zero attached hydrogens (tertiary/aromatic N) is 2. The molecule has 4 nitrogen and oxygen atoms in total. The van der Waals surface area contributed by atoms with Crippen molar-refractivity contribution in [3.8, 4) is 0 Å². The Hall–Kier alpha value is -2.59. The van der Waals surface area contributed by atoms with Crippen molar-refractivity contribution in [1.29, 1.82) is 0 Å². The van der Waals surface area contributed by atoms with Crippen molar-refractivity contribution >= 4 is 11.6 Å². The summed E-state index contributed by atoms with van der Waals surface area (Å²) < 4.78 is 5.48. The molecule has 0 unspecified atom stereocenters. The molecule has 0 saturated carbocycles. The van der Waals surface area contributed by atoms with Crippen molar-refractivity contribution in [2.75, 3.05) is 31.1 Å². The van der Waals surface area contributed by atoms with Gasteiger partial charge in [-0.2, -0.15) is 0 Å². The zero-order valence-electron chi connectivity index (χ0n) is 22.2. The summed E-state index contributed by atoms with van der Waals surface area (Å²) >= 11 is 0. The van der Waals surface area contributed by atoms with Crippen LogP contribution in [0.4, 0.5) is 5.69 Å². The lowest BCUT2D eigenvalue weighted by Gasteiger charge is -2.39. The highest BCUT2D eigenvalue weighted by Crippen LogP contribution is 2.35.